The van der Waals surface area contributed by atoms with Crippen LogP contribution < -0.4 is 0 Å². The van der Waals surface area contributed by atoms with E-state index in [1.807, 2.05) is 19.2 Å². The maximum absolute atomic E-state index is 10.9. The van der Waals surface area contributed by atoms with Gasteiger partial charge < -0.3 is 0 Å². The van der Waals surface area contributed by atoms with Crippen LogP contribution in [0.1, 0.15) is 21.5 Å². The second-order valence-electron chi connectivity index (χ2n) is 2.29. The van der Waals surface area contributed by atoms with Crippen molar-refractivity contribution in [3.05, 3.63) is 15.8 Å². The summed E-state index contributed by atoms with van der Waals surface area (Å²) in [5.41, 5.74) is 0. The van der Waals surface area contributed by atoms with Gasteiger partial charge in [0.15, 0.2) is 5.78 Å². The smallest absolute Gasteiger partial charge is 0.169 e. The molecule has 0 atom stereocenters. The van der Waals surface area contributed by atoms with Gasteiger partial charge in [-0.15, -0.1) is 23.1 Å². The second kappa shape index (κ2) is 3.41. The molecule has 0 amide bonds. The Balaban J connectivity index is 3.05. The normalized spacial score (nSPS) is 10.1. The monoisotopic (exact) mass is 186 g/mol. The number of thiophene rings is 1. The molecule has 11 heavy (non-hydrogen) atoms. The van der Waals surface area contributed by atoms with Crippen molar-refractivity contribution >= 4 is 28.9 Å². The molecule has 0 unspecified atom stereocenters. The number of thioether (sulfide) groups is 1. The van der Waals surface area contributed by atoms with Crippen LogP contribution in [0.25, 0.3) is 0 Å². The van der Waals surface area contributed by atoms with E-state index >= 15 is 0 Å². The minimum Gasteiger partial charge on any atom is -0.294 e. The topological polar surface area (TPSA) is 17.1 Å². The molecule has 0 aliphatic carbocycles. The molecule has 1 aromatic heterocycles. The molecule has 1 rings (SSSR count). The SMILES string of the molecule is CSc1cc(C(C)=O)sc1C. The molecule has 3 heteroatoms. The van der Waals surface area contributed by atoms with E-state index in [2.05, 4.69) is 0 Å². The summed E-state index contributed by atoms with van der Waals surface area (Å²) < 4.78 is 0. The third-order valence-corrected chi connectivity index (χ3v) is 3.58. The van der Waals surface area contributed by atoms with Crippen LogP contribution in [0.4, 0.5) is 0 Å². The Hall–Kier alpha value is -0.280. The summed E-state index contributed by atoms with van der Waals surface area (Å²) >= 11 is 3.27. The number of hydrogen-bond donors (Lipinski definition) is 0. The summed E-state index contributed by atoms with van der Waals surface area (Å²) in [5.74, 6) is 0.165. The third-order valence-electron chi connectivity index (χ3n) is 1.44. The Morgan fingerprint density at radius 1 is 1.64 bits per heavy atom. The van der Waals surface area contributed by atoms with Gasteiger partial charge in [-0.05, 0) is 26.2 Å². The van der Waals surface area contributed by atoms with Crippen molar-refractivity contribution in [3.8, 4) is 0 Å². The number of Topliss-reactive ketones (excluding diaryl/α,β-unsaturated/α-hetero) is 1. The molecule has 0 fully saturated rings. The van der Waals surface area contributed by atoms with Gasteiger partial charge >= 0.3 is 0 Å². The van der Waals surface area contributed by atoms with Gasteiger partial charge in [0.05, 0.1) is 4.88 Å². The highest BCUT2D eigenvalue weighted by atomic mass is 32.2. The van der Waals surface area contributed by atoms with E-state index in [-0.39, 0.29) is 5.78 Å². The molecule has 0 saturated heterocycles. The zero-order valence-corrected chi connectivity index (χ0v) is 8.44. The Morgan fingerprint density at radius 3 is 2.55 bits per heavy atom. The minimum atomic E-state index is 0.165. The van der Waals surface area contributed by atoms with Gasteiger partial charge in [-0.3, -0.25) is 4.79 Å². The van der Waals surface area contributed by atoms with Crippen molar-refractivity contribution in [2.24, 2.45) is 0 Å². The van der Waals surface area contributed by atoms with E-state index in [1.54, 1.807) is 30.0 Å². The number of carbonyl (C=O) groups excluding carboxylic acids is 1. The fraction of sp³-hybridized carbons (Fsp3) is 0.375. The molecular formula is C8H10OS2. The van der Waals surface area contributed by atoms with Gasteiger partial charge in [0.2, 0.25) is 0 Å². The fourth-order valence-corrected chi connectivity index (χ4v) is 2.62. The number of hydrogen-bond acceptors (Lipinski definition) is 3. The molecule has 0 spiro atoms. The summed E-state index contributed by atoms with van der Waals surface area (Å²) in [4.78, 5) is 14.3. The van der Waals surface area contributed by atoms with Crippen molar-refractivity contribution in [2.75, 3.05) is 6.26 Å². The lowest BCUT2D eigenvalue weighted by Gasteiger charge is -1.87. The van der Waals surface area contributed by atoms with E-state index in [4.69, 9.17) is 0 Å². The number of rotatable bonds is 2. The Bertz CT molecular complexity index is 276. The lowest BCUT2D eigenvalue weighted by molar-refractivity contribution is 0.102. The van der Waals surface area contributed by atoms with Crippen LogP contribution >= 0.6 is 23.1 Å². The summed E-state index contributed by atoms with van der Waals surface area (Å²) in [5, 5.41) is 0. The molecule has 0 aromatic carbocycles. The highest BCUT2D eigenvalue weighted by Crippen LogP contribution is 2.28. The largest absolute Gasteiger partial charge is 0.294 e. The van der Waals surface area contributed by atoms with Gasteiger partial charge in [0.25, 0.3) is 0 Å². The molecule has 0 bridgehead atoms. The molecule has 1 nitrogen and oxygen atoms in total. The molecule has 0 aliphatic rings. The van der Waals surface area contributed by atoms with E-state index in [1.165, 1.54) is 9.77 Å². The summed E-state index contributed by atoms with van der Waals surface area (Å²) in [6.07, 6.45) is 2.03. The van der Waals surface area contributed by atoms with Crippen LogP contribution in [0.3, 0.4) is 0 Å². The molecule has 1 heterocycles. The molecule has 60 valence electrons. The standard InChI is InChI=1S/C8H10OS2/c1-5(9)7-4-8(10-3)6(2)11-7/h4H,1-3H3. The van der Waals surface area contributed by atoms with Crippen LogP contribution in [-0.4, -0.2) is 12.0 Å². The Kier molecular flexibility index (Phi) is 2.73. The van der Waals surface area contributed by atoms with E-state index in [0.29, 0.717) is 0 Å². The molecular weight excluding hydrogens is 176 g/mol. The van der Waals surface area contributed by atoms with Gasteiger partial charge in [0, 0.05) is 9.77 Å². The average Bonchev–Trinajstić information content (AvgIpc) is 2.31. The Labute approximate surface area is 74.8 Å². The molecule has 0 N–H and O–H groups in total. The average molecular weight is 186 g/mol. The summed E-state index contributed by atoms with van der Waals surface area (Å²) in [6, 6.07) is 1.97. The third kappa shape index (κ3) is 1.84. The number of aryl methyl sites for hydroxylation is 1. The zero-order chi connectivity index (χ0) is 8.43. The molecule has 0 aliphatic heterocycles. The molecule has 0 saturated carbocycles. The van der Waals surface area contributed by atoms with Crippen molar-refractivity contribution in [3.63, 3.8) is 0 Å². The molecule has 0 radical (unpaired) electrons. The minimum absolute atomic E-state index is 0.165. The van der Waals surface area contributed by atoms with Crippen molar-refractivity contribution < 1.29 is 4.79 Å². The van der Waals surface area contributed by atoms with Crippen molar-refractivity contribution in [1.82, 2.24) is 0 Å². The first kappa shape index (κ1) is 8.81. The zero-order valence-electron chi connectivity index (χ0n) is 6.80. The van der Waals surface area contributed by atoms with Gasteiger partial charge in [0.1, 0.15) is 0 Å². The van der Waals surface area contributed by atoms with Crippen molar-refractivity contribution in [2.45, 2.75) is 18.7 Å². The van der Waals surface area contributed by atoms with Gasteiger partial charge in [-0.2, -0.15) is 0 Å². The first-order chi connectivity index (χ1) is 5.15. The second-order valence-corrected chi connectivity index (χ2v) is 4.40. The number of ketones is 1. The fourth-order valence-electron chi connectivity index (χ4n) is 0.842. The van der Waals surface area contributed by atoms with Crippen LogP contribution in [-0.2, 0) is 0 Å². The summed E-state index contributed by atoms with van der Waals surface area (Å²) in [6.45, 7) is 3.65. The maximum atomic E-state index is 10.9. The molecule has 1 aromatic rings. The summed E-state index contributed by atoms with van der Waals surface area (Å²) in [7, 11) is 0. The Morgan fingerprint density at radius 2 is 2.27 bits per heavy atom. The maximum Gasteiger partial charge on any atom is 0.169 e. The van der Waals surface area contributed by atoms with E-state index < -0.39 is 0 Å². The van der Waals surface area contributed by atoms with Gasteiger partial charge in [-0.1, -0.05) is 0 Å². The van der Waals surface area contributed by atoms with Crippen LogP contribution in [0.5, 0.6) is 0 Å². The van der Waals surface area contributed by atoms with Crippen LogP contribution in [0.15, 0.2) is 11.0 Å². The lowest BCUT2D eigenvalue weighted by Crippen LogP contribution is -1.83. The van der Waals surface area contributed by atoms with E-state index in [9.17, 15) is 4.79 Å². The van der Waals surface area contributed by atoms with Crippen LogP contribution in [0.2, 0.25) is 0 Å². The predicted octanol–water partition coefficient (Wildman–Crippen LogP) is 2.98. The first-order valence-corrected chi connectivity index (χ1v) is 5.34. The quantitative estimate of drug-likeness (QED) is 0.522. The van der Waals surface area contributed by atoms with Crippen molar-refractivity contribution in [1.29, 1.82) is 0 Å². The van der Waals surface area contributed by atoms with Crippen LogP contribution in [0, 0.1) is 6.92 Å². The highest BCUT2D eigenvalue weighted by Gasteiger charge is 2.06. The van der Waals surface area contributed by atoms with Gasteiger partial charge in [-0.25, -0.2) is 0 Å². The first-order valence-electron chi connectivity index (χ1n) is 3.30. The van der Waals surface area contributed by atoms with E-state index in [0.717, 1.165) is 4.88 Å². The predicted molar refractivity (Wildman–Crippen MR) is 50.8 cm³/mol. The number of carbonyl (C=O) groups is 1. The lowest BCUT2D eigenvalue weighted by atomic mass is 10.3. The highest BCUT2D eigenvalue weighted by molar-refractivity contribution is 7.98.